The van der Waals surface area contributed by atoms with E-state index in [2.05, 4.69) is 27.0 Å². The molecule has 0 bridgehead atoms. The van der Waals surface area contributed by atoms with E-state index in [1.165, 1.54) is 0 Å². The summed E-state index contributed by atoms with van der Waals surface area (Å²) in [5, 5.41) is 1.05. The molecular formula is C34H31BrN2O2. The number of H-pyrrole nitrogens is 1. The summed E-state index contributed by atoms with van der Waals surface area (Å²) in [5.74, 6) is -0.767. The van der Waals surface area contributed by atoms with Crippen LogP contribution >= 0.6 is 15.9 Å². The van der Waals surface area contributed by atoms with Crippen molar-refractivity contribution in [3.63, 3.8) is 0 Å². The molecule has 0 amide bonds. The summed E-state index contributed by atoms with van der Waals surface area (Å²) in [6.45, 7) is 5.67. The van der Waals surface area contributed by atoms with E-state index in [4.69, 9.17) is 9.73 Å². The van der Waals surface area contributed by atoms with Gasteiger partial charge in [-0.15, -0.1) is 0 Å². The molecule has 4 aromatic carbocycles. The number of ether oxygens (including phenoxy) is 1. The van der Waals surface area contributed by atoms with Crippen LogP contribution in [-0.4, -0.2) is 28.3 Å². The summed E-state index contributed by atoms with van der Waals surface area (Å²) in [6.07, 6.45) is 2.00. The Morgan fingerprint density at radius 3 is 1.95 bits per heavy atom. The average molecular weight is 580 g/mol. The van der Waals surface area contributed by atoms with Gasteiger partial charge in [-0.05, 0) is 50.1 Å². The minimum absolute atomic E-state index is 0.370. The van der Waals surface area contributed by atoms with Gasteiger partial charge in [0.25, 0.3) is 0 Å². The van der Waals surface area contributed by atoms with Crippen LogP contribution in [0.4, 0.5) is 0 Å². The topological polar surface area (TPSA) is 54.4 Å². The zero-order valence-electron chi connectivity index (χ0n) is 22.3. The summed E-state index contributed by atoms with van der Waals surface area (Å²) in [6, 6.07) is 35.4. The molecular weight excluding hydrogens is 548 g/mol. The second-order valence-electron chi connectivity index (χ2n) is 10.5. The van der Waals surface area contributed by atoms with Crippen LogP contribution in [0.25, 0.3) is 10.9 Å². The first-order valence-corrected chi connectivity index (χ1v) is 13.8. The van der Waals surface area contributed by atoms with Gasteiger partial charge >= 0.3 is 5.97 Å². The maximum absolute atomic E-state index is 14.1. The number of halogens is 1. The molecule has 5 aromatic rings. The molecule has 0 saturated carbocycles. The van der Waals surface area contributed by atoms with Crippen molar-refractivity contribution in [3.05, 3.63) is 142 Å². The summed E-state index contributed by atoms with van der Waals surface area (Å²) in [7, 11) is 0. The Hall–Kier alpha value is -3.96. The normalized spacial score (nSPS) is 13.0. The summed E-state index contributed by atoms with van der Waals surface area (Å²) < 4.78 is 7.01. The molecule has 0 aliphatic rings. The lowest BCUT2D eigenvalue weighted by Gasteiger charge is -2.28. The number of aromatic amines is 1. The molecule has 2 atom stereocenters. The van der Waals surface area contributed by atoms with Crippen molar-refractivity contribution >= 4 is 38.5 Å². The molecule has 5 heteroatoms. The molecule has 1 aromatic heterocycles. The Balaban J connectivity index is 1.78. The van der Waals surface area contributed by atoms with Crippen LogP contribution in [-0.2, 0) is 9.53 Å². The lowest BCUT2D eigenvalue weighted by Crippen LogP contribution is -2.36. The number of esters is 1. The van der Waals surface area contributed by atoms with Crippen LogP contribution in [0, 0.1) is 0 Å². The number of aliphatic imine (C=N–C) groups is 1. The number of rotatable bonds is 7. The first kappa shape index (κ1) is 26.6. The summed E-state index contributed by atoms with van der Waals surface area (Å²) in [5.41, 5.74) is 4.92. The first-order valence-electron chi connectivity index (χ1n) is 13.0. The number of nitrogens with zero attached hydrogens (tertiary/aromatic N) is 1. The Labute approximate surface area is 237 Å². The van der Waals surface area contributed by atoms with Gasteiger partial charge in [-0.25, -0.2) is 4.79 Å². The van der Waals surface area contributed by atoms with Crippen LogP contribution in [0.2, 0.25) is 0 Å². The van der Waals surface area contributed by atoms with E-state index in [0.29, 0.717) is 0 Å². The molecule has 0 saturated heterocycles. The molecule has 196 valence electrons. The first-order chi connectivity index (χ1) is 18.8. The summed E-state index contributed by atoms with van der Waals surface area (Å²) >= 11 is 3.56. The highest BCUT2D eigenvalue weighted by Crippen LogP contribution is 2.37. The maximum Gasteiger partial charge on any atom is 0.332 e. The van der Waals surface area contributed by atoms with Crippen LogP contribution in [0.15, 0.2) is 125 Å². The standard InChI is InChI=1S/C34H31BrN2O2/c1-34(2,3)39-33(38)32(37-31(24-12-6-4-7-13-24)25-14-8-5-9-15-25)30(23-18-20-26(35)21-19-23)28-22-36-29-17-11-10-16-27(28)29/h4-22,30,32,36H,1-3H3/t30-,32-/m0/s1. The molecule has 0 fully saturated rings. The fourth-order valence-electron chi connectivity index (χ4n) is 4.83. The van der Waals surface area contributed by atoms with E-state index in [-0.39, 0.29) is 5.97 Å². The number of hydrogen-bond donors (Lipinski definition) is 1. The second kappa shape index (κ2) is 11.4. The third-order valence-corrected chi connectivity index (χ3v) is 7.04. The van der Waals surface area contributed by atoms with Crippen molar-refractivity contribution < 1.29 is 9.53 Å². The third-order valence-electron chi connectivity index (χ3n) is 6.51. The lowest BCUT2D eigenvalue weighted by atomic mass is 9.84. The van der Waals surface area contributed by atoms with Gasteiger partial charge in [0, 0.05) is 38.6 Å². The highest BCUT2D eigenvalue weighted by Gasteiger charge is 2.36. The Morgan fingerprint density at radius 2 is 1.36 bits per heavy atom. The molecule has 0 aliphatic carbocycles. The fourth-order valence-corrected chi connectivity index (χ4v) is 5.09. The molecule has 0 radical (unpaired) electrons. The number of carbonyl (C=O) groups is 1. The van der Waals surface area contributed by atoms with Crippen molar-refractivity contribution in [3.8, 4) is 0 Å². The summed E-state index contributed by atoms with van der Waals surface area (Å²) in [4.78, 5) is 22.8. The lowest BCUT2D eigenvalue weighted by molar-refractivity contribution is -0.156. The minimum Gasteiger partial charge on any atom is -0.458 e. The van der Waals surface area contributed by atoms with E-state index in [1.807, 2.05) is 130 Å². The molecule has 39 heavy (non-hydrogen) atoms. The van der Waals surface area contributed by atoms with Gasteiger partial charge in [0.15, 0.2) is 6.04 Å². The van der Waals surface area contributed by atoms with Crippen LogP contribution in [0.3, 0.4) is 0 Å². The Morgan fingerprint density at radius 1 is 0.795 bits per heavy atom. The Bertz CT molecular complexity index is 1540. The number of para-hydroxylation sites is 1. The highest BCUT2D eigenvalue weighted by atomic mass is 79.9. The monoisotopic (exact) mass is 578 g/mol. The number of hydrogen-bond acceptors (Lipinski definition) is 3. The number of carbonyl (C=O) groups excluding carboxylic acids is 1. The maximum atomic E-state index is 14.1. The quantitative estimate of drug-likeness (QED) is 0.156. The number of fused-ring (bicyclic) bond motifs is 1. The largest absolute Gasteiger partial charge is 0.458 e. The minimum atomic E-state index is -0.847. The van der Waals surface area contributed by atoms with E-state index in [9.17, 15) is 4.79 Å². The van der Waals surface area contributed by atoms with E-state index in [0.717, 1.165) is 43.3 Å². The van der Waals surface area contributed by atoms with Crippen LogP contribution in [0.1, 0.15) is 48.9 Å². The van der Waals surface area contributed by atoms with E-state index < -0.39 is 17.6 Å². The van der Waals surface area contributed by atoms with Crippen molar-refractivity contribution in [2.45, 2.75) is 38.3 Å². The van der Waals surface area contributed by atoms with Crippen molar-refractivity contribution in [2.75, 3.05) is 0 Å². The van der Waals surface area contributed by atoms with Gasteiger partial charge in [0.05, 0.1) is 5.71 Å². The SMILES string of the molecule is CC(C)(C)OC(=O)[C@@H](N=C(c1ccccc1)c1ccccc1)[C@@H](c1ccc(Br)cc1)c1c[nH]c2ccccc12. The van der Waals surface area contributed by atoms with E-state index >= 15 is 0 Å². The predicted molar refractivity (Wildman–Crippen MR) is 162 cm³/mol. The molecule has 1 N–H and O–H groups in total. The highest BCUT2D eigenvalue weighted by molar-refractivity contribution is 9.10. The molecule has 5 rings (SSSR count). The van der Waals surface area contributed by atoms with Gasteiger partial charge in [0.2, 0.25) is 0 Å². The number of aromatic nitrogens is 1. The predicted octanol–water partition coefficient (Wildman–Crippen LogP) is 8.31. The molecule has 1 heterocycles. The van der Waals surface area contributed by atoms with Crippen molar-refractivity contribution in [2.24, 2.45) is 4.99 Å². The average Bonchev–Trinajstić information content (AvgIpc) is 3.35. The Kier molecular flexibility index (Phi) is 7.80. The molecule has 4 nitrogen and oxygen atoms in total. The van der Waals surface area contributed by atoms with Gasteiger partial charge in [-0.3, -0.25) is 4.99 Å². The fraction of sp³-hybridized carbons (Fsp3) is 0.176. The van der Waals surface area contributed by atoms with Gasteiger partial charge < -0.3 is 9.72 Å². The zero-order chi connectivity index (χ0) is 27.4. The van der Waals surface area contributed by atoms with Gasteiger partial charge in [-0.1, -0.05) is 107 Å². The van der Waals surface area contributed by atoms with Crippen molar-refractivity contribution in [1.29, 1.82) is 0 Å². The molecule has 0 aliphatic heterocycles. The smallest absolute Gasteiger partial charge is 0.332 e. The van der Waals surface area contributed by atoms with E-state index in [1.54, 1.807) is 0 Å². The third kappa shape index (κ3) is 6.21. The number of nitrogens with one attached hydrogen (secondary N) is 1. The van der Waals surface area contributed by atoms with Gasteiger partial charge in [-0.2, -0.15) is 0 Å². The van der Waals surface area contributed by atoms with Crippen LogP contribution < -0.4 is 0 Å². The van der Waals surface area contributed by atoms with Crippen molar-refractivity contribution in [1.82, 2.24) is 4.98 Å². The zero-order valence-corrected chi connectivity index (χ0v) is 23.9. The molecule has 0 unspecified atom stereocenters. The molecule has 0 spiro atoms. The number of benzene rings is 4. The van der Waals surface area contributed by atoms with Crippen LogP contribution in [0.5, 0.6) is 0 Å². The van der Waals surface area contributed by atoms with Gasteiger partial charge in [0.1, 0.15) is 5.60 Å². The second-order valence-corrected chi connectivity index (χ2v) is 11.4.